The van der Waals surface area contributed by atoms with Crippen molar-refractivity contribution in [2.45, 2.75) is 53.0 Å². The van der Waals surface area contributed by atoms with Crippen LogP contribution in [-0.2, 0) is 6.18 Å². The molecule has 0 saturated carbocycles. The summed E-state index contributed by atoms with van der Waals surface area (Å²) in [5.74, 6) is 0. The number of aliphatic imine (C=N–C) groups is 1. The van der Waals surface area contributed by atoms with Gasteiger partial charge in [0.2, 0.25) is 0 Å². The Morgan fingerprint density at radius 1 is 1.00 bits per heavy atom. The van der Waals surface area contributed by atoms with Crippen LogP contribution in [-0.4, -0.2) is 17.9 Å². The highest BCUT2D eigenvalue weighted by Gasteiger charge is 2.34. The van der Waals surface area contributed by atoms with Gasteiger partial charge in [-0.1, -0.05) is 6.07 Å². The molecule has 1 aromatic rings. The van der Waals surface area contributed by atoms with E-state index < -0.39 is 23.5 Å². The van der Waals surface area contributed by atoms with E-state index in [9.17, 15) is 26.3 Å². The summed E-state index contributed by atoms with van der Waals surface area (Å²) >= 11 is 0. The molecule has 0 aliphatic carbocycles. The van der Waals surface area contributed by atoms with Gasteiger partial charge in [-0.05, 0) is 57.9 Å². The first kappa shape index (κ1) is 20.3. The zero-order valence-electron chi connectivity index (χ0n) is 14.0. The zero-order chi connectivity index (χ0) is 18.9. The molecule has 0 aromatic heterocycles. The van der Waals surface area contributed by atoms with Crippen LogP contribution in [0.5, 0.6) is 0 Å². The van der Waals surface area contributed by atoms with Crippen molar-refractivity contribution in [3.05, 3.63) is 46.0 Å². The normalized spacial score (nSPS) is 14.9. The molecule has 0 unspecified atom stereocenters. The summed E-state index contributed by atoms with van der Waals surface area (Å²) in [6.07, 6.45) is -9.15. The second kappa shape index (κ2) is 6.99. The van der Waals surface area contributed by atoms with Crippen molar-refractivity contribution in [2.75, 3.05) is 0 Å². The molecule has 0 atom stereocenters. The Hall–Kier alpha value is -1.79. The van der Waals surface area contributed by atoms with Gasteiger partial charge in [-0.3, -0.25) is 4.99 Å². The van der Waals surface area contributed by atoms with Crippen LogP contribution >= 0.6 is 0 Å². The maximum atomic E-state index is 13.0. The van der Waals surface area contributed by atoms with Gasteiger partial charge in [0, 0.05) is 17.2 Å². The predicted octanol–water partition coefficient (Wildman–Crippen LogP) is 6.11. The summed E-state index contributed by atoms with van der Waals surface area (Å²) in [6, 6.07) is 2.62. The number of nitrogens with zero attached hydrogens (tertiary/aromatic N) is 1. The molecule has 1 aromatic carbocycles. The van der Waals surface area contributed by atoms with Gasteiger partial charge in [-0.15, -0.1) is 0 Å². The van der Waals surface area contributed by atoms with E-state index in [-0.39, 0.29) is 22.9 Å². The first-order valence-corrected chi connectivity index (χ1v) is 7.26. The molecular weight excluding hydrogens is 332 g/mol. The number of halogens is 6. The zero-order valence-corrected chi connectivity index (χ0v) is 14.0. The Labute approximate surface area is 137 Å². The van der Waals surface area contributed by atoms with Crippen LogP contribution in [0.15, 0.2) is 34.3 Å². The summed E-state index contributed by atoms with van der Waals surface area (Å²) in [5.41, 5.74) is -1.56. The van der Waals surface area contributed by atoms with Gasteiger partial charge >= 0.3 is 12.4 Å². The minimum Gasteiger partial charge on any atom is -0.282 e. The van der Waals surface area contributed by atoms with E-state index in [4.69, 9.17) is 0 Å². The second-order valence-electron chi connectivity index (χ2n) is 5.85. The van der Waals surface area contributed by atoms with Crippen LogP contribution in [0.3, 0.4) is 0 Å². The van der Waals surface area contributed by atoms with Crippen LogP contribution < -0.4 is 0 Å². The van der Waals surface area contributed by atoms with E-state index in [1.165, 1.54) is 13.0 Å². The largest absolute Gasteiger partial charge is 0.416 e. The molecule has 0 bridgehead atoms. The van der Waals surface area contributed by atoms with Crippen molar-refractivity contribution in [2.24, 2.45) is 4.99 Å². The fraction of sp³-hybridized carbons (Fsp3) is 0.471. The highest BCUT2D eigenvalue weighted by atomic mass is 19.4. The van der Waals surface area contributed by atoms with Crippen molar-refractivity contribution in [3.63, 3.8) is 0 Å². The summed E-state index contributed by atoms with van der Waals surface area (Å²) in [7, 11) is 0. The Kier molecular flexibility index (Phi) is 5.90. The highest BCUT2D eigenvalue weighted by molar-refractivity contribution is 6.13. The minimum absolute atomic E-state index is 0.0552. The fourth-order valence-electron chi connectivity index (χ4n) is 2.07. The number of hydrogen-bond acceptors (Lipinski definition) is 1. The summed E-state index contributed by atoms with van der Waals surface area (Å²) in [5, 5.41) is 0. The minimum atomic E-state index is -4.58. The average Bonchev–Trinajstić information content (AvgIpc) is 2.41. The summed E-state index contributed by atoms with van der Waals surface area (Å²) in [6.45, 7) is 6.97. The molecule has 134 valence electrons. The van der Waals surface area contributed by atoms with E-state index in [0.717, 1.165) is 19.1 Å². The van der Waals surface area contributed by atoms with Crippen molar-refractivity contribution in [3.8, 4) is 0 Å². The SMILES string of the molecule is CC(/C(=N\C(C)C)c1cc(C(F)(F)F)ccc1C)=C(/C)C(F)(F)F. The van der Waals surface area contributed by atoms with Gasteiger partial charge in [0.1, 0.15) is 0 Å². The molecule has 0 spiro atoms. The Balaban J connectivity index is 3.67. The van der Waals surface area contributed by atoms with E-state index >= 15 is 0 Å². The van der Waals surface area contributed by atoms with Crippen molar-refractivity contribution >= 4 is 5.71 Å². The summed E-state index contributed by atoms with van der Waals surface area (Å²) in [4.78, 5) is 4.16. The van der Waals surface area contributed by atoms with Gasteiger partial charge < -0.3 is 0 Å². The lowest BCUT2D eigenvalue weighted by molar-refractivity contribution is -0.137. The molecule has 24 heavy (non-hydrogen) atoms. The Morgan fingerprint density at radius 3 is 1.96 bits per heavy atom. The van der Waals surface area contributed by atoms with Crippen LogP contribution in [0.1, 0.15) is 44.4 Å². The molecule has 0 aliphatic rings. The molecule has 0 amide bonds. The highest BCUT2D eigenvalue weighted by Crippen LogP contribution is 2.33. The predicted molar refractivity (Wildman–Crippen MR) is 82.3 cm³/mol. The Bertz CT molecular complexity index is 663. The van der Waals surface area contributed by atoms with Crippen LogP contribution in [0.25, 0.3) is 0 Å². The van der Waals surface area contributed by atoms with Crippen LogP contribution in [0.4, 0.5) is 26.3 Å². The first-order valence-electron chi connectivity index (χ1n) is 7.26. The number of hydrogen-bond donors (Lipinski definition) is 0. The number of benzene rings is 1. The number of rotatable bonds is 3. The lowest BCUT2D eigenvalue weighted by atomic mass is 9.93. The Morgan fingerprint density at radius 2 is 1.54 bits per heavy atom. The molecule has 0 fully saturated rings. The van der Waals surface area contributed by atoms with E-state index in [2.05, 4.69) is 4.99 Å². The molecule has 0 N–H and O–H groups in total. The van der Waals surface area contributed by atoms with Crippen molar-refractivity contribution in [1.82, 2.24) is 0 Å². The number of alkyl halides is 6. The maximum absolute atomic E-state index is 13.0. The lowest BCUT2D eigenvalue weighted by Crippen LogP contribution is -2.18. The first-order chi connectivity index (χ1) is 10.7. The van der Waals surface area contributed by atoms with Gasteiger partial charge in [0.05, 0.1) is 11.3 Å². The molecule has 0 radical (unpaired) electrons. The smallest absolute Gasteiger partial charge is 0.282 e. The topological polar surface area (TPSA) is 12.4 Å². The van der Waals surface area contributed by atoms with E-state index in [1.54, 1.807) is 20.8 Å². The van der Waals surface area contributed by atoms with Crippen LogP contribution in [0, 0.1) is 6.92 Å². The molecule has 0 heterocycles. The fourth-order valence-corrected chi connectivity index (χ4v) is 2.07. The standard InChI is InChI=1S/C17H19F6N/c1-9(2)24-15(11(4)12(5)16(18,19)20)14-8-13(17(21,22)23)7-6-10(14)3/h6-9H,1-5H3/b12-11+,24-15+. The second-order valence-corrected chi connectivity index (χ2v) is 5.85. The maximum Gasteiger partial charge on any atom is 0.416 e. The number of allylic oxidation sites excluding steroid dienone is 2. The van der Waals surface area contributed by atoms with E-state index in [0.29, 0.717) is 5.56 Å². The third-order valence-electron chi connectivity index (χ3n) is 3.55. The molecular formula is C17H19F6N. The van der Waals surface area contributed by atoms with Crippen molar-refractivity contribution in [1.29, 1.82) is 0 Å². The monoisotopic (exact) mass is 351 g/mol. The molecule has 7 heteroatoms. The van der Waals surface area contributed by atoms with Gasteiger partial charge in [0.25, 0.3) is 0 Å². The third-order valence-corrected chi connectivity index (χ3v) is 3.55. The van der Waals surface area contributed by atoms with E-state index in [1.807, 2.05) is 0 Å². The lowest BCUT2D eigenvalue weighted by Gasteiger charge is -2.18. The quantitative estimate of drug-likeness (QED) is 0.460. The molecule has 1 rings (SSSR count). The molecule has 1 nitrogen and oxygen atoms in total. The number of aryl methyl sites for hydroxylation is 1. The van der Waals surface area contributed by atoms with Gasteiger partial charge in [-0.2, -0.15) is 26.3 Å². The molecule has 0 saturated heterocycles. The van der Waals surface area contributed by atoms with Crippen LogP contribution in [0.2, 0.25) is 0 Å². The van der Waals surface area contributed by atoms with Crippen molar-refractivity contribution < 1.29 is 26.3 Å². The molecule has 0 aliphatic heterocycles. The van der Waals surface area contributed by atoms with Gasteiger partial charge in [-0.25, -0.2) is 0 Å². The van der Waals surface area contributed by atoms with Gasteiger partial charge in [0.15, 0.2) is 0 Å². The average molecular weight is 351 g/mol. The summed E-state index contributed by atoms with van der Waals surface area (Å²) < 4.78 is 77.8. The third kappa shape index (κ3) is 4.85.